The number of aliphatic hydroxyl groups is 1. The average Bonchev–Trinajstić information content (AvgIpc) is 2.40. The molecule has 2 N–H and O–H groups in total. The Bertz CT molecular complexity index is 417. The van der Waals surface area contributed by atoms with E-state index in [-0.39, 0.29) is 17.4 Å². The fraction of sp³-hybridized carbons (Fsp3) is 0.615. The zero-order valence-electron chi connectivity index (χ0n) is 10.7. The third kappa shape index (κ3) is 2.33. The van der Waals surface area contributed by atoms with Gasteiger partial charge in [0.15, 0.2) is 5.82 Å². The van der Waals surface area contributed by atoms with Crippen LogP contribution in [0, 0.1) is 11.7 Å². The number of methoxy groups -OCH3 is 1. The van der Waals surface area contributed by atoms with Crippen LogP contribution in [0.15, 0.2) is 12.3 Å². The molecule has 1 fully saturated rings. The summed E-state index contributed by atoms with van der Waals surface area (Å²) in [4.78, 5) is 3.79. The first-order valence-electron chi connectivity index (χ1n) is 6.19. The van der Waals surface area contributed by atoms with E-state index in [0.29, 0.717) is 6.54 Å². The minimum atomic E-state index is -1.21. The summed E-state index contributed by atoms with van der Waals surface area (Å²) in [6.07, 6.45) is 3.33. The molecule has 0 saturated carbocycles. The highest BCUT2D eigenvalue weighted by molar-refractivity contribution is 5.29. The zero-order valence-corrected chi connectivity index (χ0v) is 10.7. The lowest BCUT2D eigenvalue weighted by Gasteiger charge is -2.36. The molecule has 0 aliphatic carbocycles. The number of ether oxygens (including phenoxy) is 1. The quantitative estimate of drug-likeness (QED) is 0.857. The molecule has 18 heavy (non-hydrogen) atoms. The second-order valence-electron chi connectivity index (χ2n) is 4.87. The molecule has 2 rings (SSSR count). The van der Waals surface area contributed by atoms with Gasteiger partial charge in [-0.05, 0) is 32.4 Å². The Morgan fingerprint density at radius 3 is 3.00 bits per heavy atom. The number of pyridine rings is 1. The fourth-order valence-corrected chi connectivity index (χ4v) is 2.51. The maximum absolute atomic E-state index is 14.2. The molecule has 1 aliphatic heterocycles. The second kappa shape index (κ2) is 5.20. The first kappa shape index (κ1) is 13.2. The van der Waals surface area contributed by atoms with Gasteiger partial charge in [0.25, 0.3) is 0 Å². The highest BCUT2D eigenvalue weighted by atomic mass is 19.1. The fourth-order valence-electron chi connectivity index (χ4n) is 2.51. The highest BCUT2D eigenvalue weighted by Crippen LogP contribution is 2.36. The Morgan fingerprint density at radius 2 is 2.39 bits per heavy atom. The van der Waals surface area contributed by atoms with Gasteiger partial charge in [0.2, 0.25) is 5.88 Å². The molecule has 2 heterocycles. The van der Waals surface area contributed by atoms with E-state index in [1.54, 1.807) is 6.92 Å². The van der Waals surface area contributed by atoms with Gasteiger partial charge in [-0.2, -0.15) is 0 Å². The molecule has 2 unspecified atom stereocenters. The van der Waals surface area contributed by atoms with Crippen molar-refractivity contribution in [2.75, 3.05) is 20.2 Å². The molecule has 0 spiro atoms. The number of halogens is 1. The van der Waals surface area contributed by atoms with Crippen LogP contribution in [-0.4, -0.2) is 30.3 Å². The Kier molecular flexibility index (Phi) is 3.82. The average molecular weight is 254 g/mol. The van der Waals surface area contributed by atoms with Crippen molar-refractivity contribution in [2.45, 2.75) is 25.4 Å². The highest BCUT2D eigenvalue weighted by Gasteiger charge is 2.37. The maximum atomic E-state index is 14.2. The van der Waals surface area contributed by atoms with Crippen LogP contribution in [0.5, 0.6) is 5.88 Å². The monoisotopic (exact) mass is 254 g/mol. The molecular weight excluding hydrogens is 235 g/mol. The lowest BCUT2D eigenvalue weighted by atomic mass is 9.79. The topological polar surface area (TPSA) is 54.4 Å². The number of piperidine rings is 1. The maximum Gasteiger partial charge on any atom is 0.250 e. The van der Waals surface area contributed by atoms with E-state index in [2.05, 4.69) is 10.3 Å². The van der Waals surface area contributed by atoms with Crippen LogP contribution in [0.25, 0.3) is 0 Å². The van der Waals surface area contributed by atoms with Gasteiger partial charge in [-0.1, -0.05) is 0 Å². The van der Waals surface area contributed by atoms with Crippen molar-refractivity contribution in [1.29, 1.82) is 0 Å². The minimum absolute atomic E-state index is 0.00661. The van der Waals surface area contributed by atoms with E-state index in [9.17, 15) is 9.50 Å². The summed E-state index contributed by atoms with van der Waals surface area (Å²) in [6.45, 7) is 3.30. The van der Waals surface area contributed by atoms with Gasteiger partial charge in [0.1, 0.15) is 0 Å². The second-order valence-corrected chi connectivity index (χ2v) is 4.87. The molecule has 1 aromatic heterocycles. The van der Waals surface area contributed by atoms with Crippen molar-refractivity contribution in [2.24, 2.45) is 5.92 Å². The normalized spacial score (nSPS) is 23.4. The van der Waals surface area contributed by atoms with Gasteiger partial charge in [0.05, 0.1) is 12.7 Å². The minimum Gasteiger partial charge on any atom is -0.479 e. The Hall–Kier alpha value is -1.20. The smallest absolute Gasteiger partial charge is 0.250 e. The summed E-state index contributed by atoms with van der Waals surface area (Å²) in [5.74, 6) is -0.653. The van der Waals surface area contributed by atoms with E-state index in [4.69, 9.17) is 4.74 Å². The molecule has 100 valence electrons. The number of nitrogens with zero attached hydrogens (tertiary/aromatic N) is 1. The third-order valence-electron chi connectivity index (χ3n) is 3.69. The predicted octanol–water partition coefficient (Wildman–Crippen LogP) is 1.44. The molecule has 0 radical (unpaired) electrons. The summed E-state index contributed by atoms with van der Waals surface area (Å²) >= 11 is 0. The number of aromatic nitrogens is 1. The van der Waals surface area contributed by atoms with Crippen molar-refractivity contribution in [3.63, 3.8) is 0 Å². The lowest BCUT2D eigenvalue weighted by molar-refractivity contribution is -0.0189. The standard InChI is InChI=1S/C13H19FN2O2/c1-13(17,9-4-3-6-15-8-9)10-5-7-16-12(18-2)11(10)14/h5,7,9,15,17H,3-4,6,8H2,1-2H3. The number of rotatable bonds is 3. The van der Waals surface area contributed by atoms with Gasteiger partial charge in [0, 0.05) is 24.2 Å². The summed E-state index contributed by atoms with van der Waals surface area (Å²) in [5.41, 5.74) is -0.962. The molecule has 0 bridgehead atoms. The van der Waals surface area contributed by atoms with Gasteiger partial charge < -0.3 is 15.2 Å². The zero-order chi connectivity index (χ0) is 13.2. The van der Waals surface area contributed by atoms with Crippen molar-refractivity contribution < 1.29 is 14.2 Å². The van der Waals surface area contributed by atoms with E-state index in [1.165, 1.54) is 19.4 Å². The van der Waals surface area contributed by atoms with Crippen LogP contribution in [-0.2, 0) is 5.60 Å². The van der Waals surface area contributed by atoms with Crippen LogP contribution in [0.3, 0.4) is 0 Å². The van der Waals surface area contributed by atoms with Crippen LogP contribution in [0.1, 0.15) is 25.3 Å². The van der Waals surface area contributed by atoms with E-state index >= 15 is 0 Å². The van der Waals surface area contributed by atoms with Crippen molar-refractivity contribution in [1.82, 2.24) is 10.3 Å². The molecular formula is C13H19FN2O2. The van der Waals surface area contributed by atoms with Gasteiger partial charge in [-0.3, -0.25) is 0 Å². The van der Waals surface area contributed by atoms with Crippen LogP contribution >= 0.6 is 0 Å². The Labute approximate surface area is 106 Å². The van der Waals surface area contributed by atoms with E-state index in [1.807, 2.05) is 0 Å². The molecule has 4 nitrogen and oxygen atoms in total. The van der Waals surface area contributed by atoms with Crippen molar-refractivity contribution in [3.8, 4) is 5.88 Å². The summed E-state index contributed by atoms with van der Waals surface area (Å²) in [7, 11) is 1.37. The molecule has 0 amide bonds. The van der Waals surface area contributed by atoms with Crippen LogP contribution in [0.2, 0.25) is 0 Å². The summed E-state index contributed by atoms with van der Waals surface area (Å²) in [5, 5.41) is 13.9. The Balaban J connectivity index is 2.33. The SMILES string of the molecule is COc1nccc(C(C)(O)C2CCCNC2)c1F. The van der Waals surface area contributed by atoms with E-state index in [0.717, 1.165) is 19.4 Å². The lowest BCUT2D eigenvalue weighted by Crippen LogP contribution is -2.42. The number of hydrogen-bond donors (Lipinski definition) is 2. The van der Waals surface area contributed by atoms with Gasteiger partial charge in [-0.25, -0.2) is 9.37 Å². The predicted molar refractivity (Wildman–Crippen MR) is 65.9 cm³/mol. The molecule has 0 aromatic carbocycles. The van der Waals surface area contributed by atoms with Crippen LogP contribution in [0.4, 0.5) is 4.39 Å². The first-order chi connectivity index (χ1) is 8.57. The third-order valence-corrected chi connectivity index (χ3v) is 3.69. The van der Waals surface area contributed by atoms with E-state index < -0.39 is 11.4 Å². The van der Waals surface area contributed by atoms with Gasteiger partial charge in [-0.15, -0.1) is 0 Å². The van der Waals surface area contributed by atoms with Gasteiger partial charge >= 0.3 is 0 Å². The van der Waals surface area contributed by atoms with Crippen molar-refractivity contribution in [3.05, 3.63) is 23.6 Å². The first-order valence-corrected chi connectivity index (χ1v) is 6.19. The Morgan fingerprint density at radius 1 is 1.61 bits per heavy atom. The molecule has 1 aliphatic rings. The van der Waals surface area contributed by atoms with Crippen LogP contribution < -0.4 is 10.1 Å². The number of hydrogen-bond acceptors (Lipinski definition) is 4. The number of nitrogens with one attached hydrogen (secondary N) is 1. The van der Waals surface area contributed by atoms with Crippen molar-refractivity contribution >= 4 is 0 Å². The molecule has 5 heteroatoms. The summed E-state index contributed by atoms with van der Waals surface area (Å²) < 4.78 is 19.0. The summed E-state index contributed by atoms with van der Waals surface area (Å²) in [6, 6.07) is 1.52. The molecule has 1 saturated heterocycles. The molecule has 2 atom stereocenters. The largest absolute Gasteiger partial charge is 0.479 e. The molecule has 1 aromatic rings.